The van der Waals surface area contributed by atoms with Gasteiger partial charge < -0.3 is 5.32 Å². The number of rotatable bonds is 3. The summed E-state index contributed by atoms with van der Waals surface area (Å²) in [7, 11) is -3.86. The van der Waals surface area contributed by atoms with Crippen molar-refractivity contribution in [1.29, 1.82) is 0 Å². The van der Waals surface area contributed by atoms with E-state index in [9.17, 15) is 13.2 Å². The van der Waals surface area contributed by atoms with Crippen molar-refractivity contribution >= 4 is 32.4 Å². The molecule has 4 N–H and O–H groups in total. The Kier molecular flexibility index (Phi) is 3.38. The standard InChI is InChI=1S/C7H11N5O3S2/c8-17(14,15)7-12-11-6(16-7)10-5(13)4-2-1-3-9-4/h4,9H,1-3H2,(H2,8,14,15)(H,10,11,13)/t4-/m1/s1. The highest BCUT2D eigenvalue weighted by molar-refractivity contribution is 7.91. The molecule has 1 amide bonds. The maximum Gasteiger partial charge on any atom is 0.267 e. The average Bonchev–Trinajstić information content (AvgIpc) is 2.85. The topological polar surface area (TPSA) is 127 Å². The third kappa shape index (κ3) is 2.97. The molecule has 0 unspecified atom stereocenters. The molecule has 1 aliphatic rings. The second kappa shape index (κ2) is 4.64. The summed E-state index contributed by atoms with van der Waals surface area (Å²) >= 11 is 0.732. The molecule has 0 spiro atoms. The highest BCUT2D eigenvalue weighted by Crippen LogP contribution is 2.19. The molecule has 17 heavy (non-hydrogen) atoms. The van der Waals surface area contributed by atoms with Crippen LogP contribution in [0.25, 0.3) is 0 Å². The molecule has 94 valence electrons. The second-order valence-electron chi connectivity index (χ2n) is 3.56. The number of carbonyl (C=O) groups is 1. The minimum atomic E-state index is -3.86. The Morgan fingerprint density at radius 3 is 2.82 bits per heavy atom. The van der Waals surface area contributed by atoms with E-state index in [2.05, 4.69) is 20.8 Å². The van der Waals surface area contributed by atoms with Crippen LogP contribution in [0, 0.1) is 0 Å². The summed E-state index contributed by atoms with van der Waals surface area (Å²) in [6.45, 7) is 0.802. The monoisotopic (exact) mass is 277 g/mol. The van der Waals surface area contributed by atoms with E-state index in [1.165, 1.54) is 0 Å². The van der Waals surface area contributed by atoms with Gasteiger partial charge in [0.1, 0.15) is 0 Å². The van der Waals surface area contributed by atoms with Gasteiger partial charge in [0.15, 0.2) is 0 Å². The summed E-state index contributed by atoms with van der Waals surface area (Å²) in [4.78, 5) is 11.7. The fourth-order valence-corrected chi connectivity index (χ4v) is 2.81. The van der Waals surface area contributed by atoms with Gasteiger partial charge in [0, 0.05) is 0 Å². The molecule has 0 saturated carbocycles. The zero-order valence-electron chi connectivity index (χ0n) is 8.71. The lowest BCUT2D eigenvalue weighted by Crippen LogP contribution is -2.35. The normalized spacial score (nSPS) is 20.4. The Bertz CT molecular complexity index is 519. The van der Waals surface area contributed by atoms with Crippen LogP contribution in [-0.4, -0.2) is 37.1 Å². The lowest BCUT2D eigenvalue weighted by Gasteiger charge is -2.07. The lowest BCUT2D eigenvalue weighted by molar-refractivity contribution is -0.117. The molecule has 2 heterocycles. The van der Waals surface area contributed by atoms with E-state index in [-0.39, 0.29) is 21.4 Å². The number of primary sulfonamides is 1. The predicted octanol–water partition coefficient (Wildman–Crippen LogP) is -1.12. The summed E-state index contributed by atoms with van der Waals surface area (Å²) in [5.74, 6) is -0.236. The molecule has 1 atom stereocenters. The van der Waals surface area contributed by atoms with Crippen molar-refractivity contribution in [3.05, 3.63) is 0 Å². The molecular weight excluding hydrogens is 266 g/mol. The van der Waals surface area contributed by atoms with Crippen molar-refractivity contribution < 1.29 is 13.2 Å². The number of aromatic nitrogens is 2. The number of hydrogen-bond acceptors (Lipinski definition) is 7. The van der Waals surface area contributed by atoms with E-state index in [0.29, 0.717) is 0 Å². The lowest BCUT2D eigenvalue weighted by atomic mass is 10.2. The largest absolute Gasteiger partial charge is 0.306 e. The molecule has 0 aromatic carbocycles. The number of amides is 1. The Morgan fingerprint density at radius 2 is 2.29 bits per heavy atom. The number of nitrogens with two attached hydrogens (primary N) is 1. The first-order chi connectivity index (χ1) is 7.97. The number of nitrogens with zero attached hydrogens (tertiary/aromatic N) is 2. The van der Waals surface area contributed by atoms with E-state index in [4.69, 9.17) is 5.14 Å². The average molecular weight is 277 g/mol. The minimum Gasteiger partial charge on any atom is -0.306 e. The quantitative estimate of drug-likeness (QED) is 0.600. The van der Waals surface area contributed by atoms with Gasteiger partial charge in [-0.25, -0.2) is 13.6 Å². The number of anilines is 1. The Hall–Kier alpha value is -1.10. The predicted molar refractivity (Wildman–Crippen MR) is 60.9 cm³/mol. The number of hydrogen-bond donors (Lipinski definition) is 3. The summed E-state index contributed by atoms with van der Waals surface area (Å²) in [5.41, 5.74) is 0. The first kappa shape index (κ1) is 12.4. The van der Waals surface area contributed by atoms with E-state index < -0.39 is 10.0 Å². The van der Waals surface area contributed by atoms with Gasteiger partial charge in [-0.05, 0) is 19.4 Å². The maximum atomic E-state index is 11.7. The molecule has 1 fully saturated rings. The van der Waals surface area contributed by atoms with E-state index >= 15 is 0 Å². The van der Waals surface area contributed by atoms with Gasteiger partial charge in [0.2, 0.25) is 15.4 Å². The van der Waals surface area contributed by atoms with Gasteiger partial charge in [0.25, 0.3) is 10.0 Å². The second-order valence-corrected chi connectivity index (χ2v) is 6.27. The molecule has 2 rings (SSSR count). The van der Waals surface area contributed by atoms with Gasteiger partial charge in [0.05, 0.1) is 6.04 Å². The van der Waals surface area contributed by atoms with Crippen LogP contribution in [0.3, 0.4) is 0 Å². The Balaban J connectivity index is 2.04. The molecule has 10 heteroatoms. The first-order valence-electron chi connectivity index (χ1n) is 4.87. The van der Waals surface area contributed by atoms with Gasteiger partial charge in [-0.3, -0.25) is 10.1 Å². The highest BCUT2D eigenvalue weighted by atomic mass is 32.2. The number of sulfonamides is 1. The number of carbonyl (C=O) groups excluding carboxylic acids is 1. The van der Waals surface area contributed by atoms with Gasteiger partial charge >= 0.3 is 0 Å². The highest BCUT2D eigenvalue weighted by Gasteiger charge is 2.23. The summed E-state index contributed by atoms with van der Waals surface area (Å²) in [5, 5.41) is 17.5. The smallest absolute Gasteiger partial charge is 0.267 e. The zero-order chi connectivity index (χ0) is 12.5. The van der Waals surface area contributed by atoms with Crippen LogP contribution in [0.5, 0.6) is 0 Å². The van der Waals surface area contributed by atoms with Crippen LogP contribution in [0.15, 0.2) is 4.34 Å². The molecule has 1 aromatic heterocycles. The van der Waals surface area contributed by atoms with Gasteiger partial charge in [-0.1, -0.05) is 11.3 Å². The third-order valence-electron chi connectivity index (χ3n) is 2.26. The minimum absolute atomic E-state index is 0.132. The third-order valence-corrected chi connectivity index (χ3v) is 4.41. The fourth-order valence-electron chi connectivity index (χ4n) is 1.48. The number of nitrogens with one attached hydrogen (secondary N) is 2. The van der Waals surface area contributed by atoms with Gasteiger partial charge in [-0.15, -0.1) is 10.2 Å². The first-order valence-corrected chi connectivity index (χ1v) is 7.23. The van der Waals surface area contributed by atoms with E-state index in [0.717, 1.165) is 30.7 Å². The van der Waals surface area contributed by atoms with Crippen molar-refractivity contribution in [2.45, 2.75) is 23.2 Å². The van der Waals surface area contributed by atoms with Crippen LogP contribution in [0.4, 0.5) is 5.13 Å². The van der Waals surface area contributed by atoms with Crippen LogP contribution >= 0.6 is 11.3 Å². The molecular formula is C7H11N5O3S2. The maximum absolute atomic E-state index is 11.7. The fraction of sp³-hybridized carbons (Fsp3) is 0.571. The molecule has 0 aliphatic carbocycles. The summed E-state index contributed by atoms with van der Waals surface area (Å²) in [6.07, 6.45) is 1.70. The molecule has 0 bridgehead atoms. The Labute approximate surface area is 102 Å². The summed E-state index contributed by atoms with van der Waals surface area (Å²) < 4.78 is 21.6. The van der Waals surface area contributed by atoms with Gasteiger partial charge in [-0.2, -0.15) is 0 Å². The van der Waals surface area contributed by atoms with Crippen molar-refractivity contribution in [1.82, 2.24) is 15.5 Å². The van der Waals surface area contributed by atoms with Crippen molar-refractivity contribution in [3.63, 3.8) is 0 Å². The Morgan fingerprint density at radius 1 is 1.53 bits per heavy atom. The van der Waals surface area contributed by atoms with E-state index in [1.807, 2.05) is 0 Å². The molecule has 1 aliphatic heterocycles. The van der Waals surface area contributed by atoms with Crippen molar-refractivity contribution in [2.75, 3.05) is 11.9 Å². The SMILES string of the molecule is NS(=O)(=O)c1nnc(NC(=O)[C@H]2CCCN2)s1. The molecule has 0 radical (unpaired) electrons. The molecule has 1 saturated heterocycles. The van der Waals surface area contributed by atoms with E-state index in [1.54, 1.807) is 0 Å². The van der Waals surface area contributed by atoms with Crippen LogP contribution in [0.2, 0.25) is 0 Å². The molecule has 8 nitrogen and oxygen atoms in total. The summed E-state index contributed by atoms with van der Waals surface area (Å²) in [6, 6.07) is -0.253. The van der Waals surface area contributed by atoms with Crippen molar-refractivity contribution in [3.8, 4) is 0 Å². The van der Waals surface area contributed by atoms with Crippen LogP contribution in [0.1, 0.15) is 12.8 Å². The van der Waals surface area contributed by atoms with Crippen LogP contribution in [-0.2, 0) is 14.8 Å². The van der Waals surface area contributed by atoms with Crippen molar-refractivity contribution in [2.24, 2.45) is 5.14 Å². The molecule has 1 aromatic rings. The van der Waals surface area contributed by atoms with Crippen LogP contribution < -0.4 is 15.8 Å². The zero-order valence-corrected chi connectivity index (χ0v) is 10.3.